The molecule has 1 aliphatic rings. The molecule has 0 unspecified atom stereocenters. The number of rotatable bonds is 9. The molecule has 3 aromatic carbocycles. The van der Waals surface area contributed by atoms with Gasteiger partial charge < -0.3 is 14.2 Å². The Morgan fingerprint density at radius 2 is 1.76 bits per heavy atom. The van der Waals surface area contributed by atoms with Crippen LogP contribution in [-0.2, 0) is 11.4 Å². The standard InChI is InChI=1S/C29H23BrN2O5S/c1-35-25-16-20(15-23(30)27(25)37-18-19-9-11-31-12-10-19)17-26-28(33)32(29(34)38-26)13-14-36-24-8-4-6-21-5-2-3-7-22(21)24/h2-12,15-17H,13-14,18H2,1H3/b26-17-. The van der Waals surface area contributed by atoms with Crippen LogP contribution in [0.1, 0.15) is 11.1 Å². The number of carbonyl (C=O) groups is 2. The fraction of sp³-hybridized carbons (Fsp3) is 0.138. The van der Waals surface area contributed by atoms with Crippen LogP contribution in [0.4, 0.5) is 4.79 Å². The third kappa shape index (κ3) is 5.69. The second-order valence-electron chi connectivity index (χ2n) is 8.34. The number of thioether (sulfide) groups is 1. The number of ether oxygens (including phenoxy) is 3. The summed E-state index contributed by atoms with van der Waals surface area (Å²) in [7, 11) is 1.55. The van der Waals surface area contributed by atoms with Gasteiger partial charge in [0.05, 0.1) is 23.0 Å². The maximum Gasteiger partial charge on any atom is 0.293 e. The highest BCUT2D eigenvalue weighted by Crippen LogP contribution is 2.39. The van der Waals surface area contributed by atoms with Crippen molar-refractivity contribution in [2.45, 2.75) is 6.61 Å². The predicted molar refractivity (Wildman–Crippen MR) is 151 cm³/mol. The van der Waals surface area contributed by atoms with E-state index in [9.17, 15) is 9.59 Å². The molecule has 1 aromatic heterocycles. The van der Waals surface area contributed by atoms with Gasteiger partial charge in [-0.3, -0.25) is 19.5 Å². The molecule has 0 atom stereocenters. The smallest absolute Gasteiger partial charge is 0.293 e. The number of fused-ring (bicyclic) bond motifs is 1. The van der Waals surface area contributed by atoms with Gasteiger partial charge in [-0.05, 0) is 80.6 Å². The van der Waals surface area contributed by atoms with Crippen molar-refractivity contribution in [3.63, 3.8) is 0 Å². The third-order valence-corrected chi connectivity index (χ3v) is 7.37. The molecule has 38 heavy (non-hydrogen) atoms. The van der Waals surface area contributed by atoms with Gasteiger partial charge >= 0.3 is 0 Å². The maximum atomic E-state index is 13.0. The summed E-state index contributed by atoms with van der Waals surface area (Å²) in [5.74, 6) is 1.41. The average Bonchev–Trinajstić information content (AvgIpc) is 3.20. The fourth-order valence-corrected chi connectivity index (χ4v) is 5.45. The molecule has 4 aromatic rings. The second-order valence-corrected chi connectivity index (χ2v) is 10.2. The Bertz CT molecular complexity index is 1520. The van der Waals surface area contributed by atoms with E-state index in [1.165, 1.54) is 4.90 Å². The van der Waals surface area contributed by atoms with Crippen molar-refractivity contribution in [3.05, 3.63) is 99.6 Å². The lowest BCUT2D eigenvalue weighted by molar-refractivity contribution is -0.123. The van der Waals surface area contributed by atoms with Crippen molar-refractivity contribution in [1.82, 2.24) is 9.88 Å². The molecule has 0 saturated carbocycles. The largest absolute Gasteiger partial charge is 0.493 e. The molecule has 7 nitrogen and oxygen atoms in total. The summed E-state index contributed by atoms with van der Waals surface area (Å²) in [6, 6.07) is 21.1. The molecular weight excluding hydrogens is 568 g/mol. The van der Waals surface area contributed by atoms with E-state index in [4.69, 9.17) is 14.2 Å². The number of hydrogen-bond acceptors (Lipinski definition) is 7. The molecule has 1 aliphatic heterocycles. The summed E-state index contributed by atoms with van der Waals surface area (Å²) >= 11 is 4.45. The number of aromatic nitrogens is 1. The Labute approximate surface area is 232 Å². The molecule has 5 rings (SSSR count). The second kappa shape index (κ2) is 11.7. The van der Waals surface area contributed by atoms with Crippen molar-refractivity contribution in [2.24, 2.45) is 0 Å². The van der Waals surface area contributed by atoms with E-state index in [-0.39, 0.29) is 24.3 Å². The van der Waals surface area contributed by atoms with Crippen LogP contribution in [0.3, 0.4) is 0 Å². The van der Waals surface area contributed by atoms with Crippen molar-refractivity contribution >= 4 is 55.7 Å². The summed E-state index contributed by atoms with van der Waals surface area (Å²) in [6.07, 6.45) is 5.09. The normalized spacial score (nSPS) is 14.4. The lowest BCUT2D eigenvalue weighted by atomic mass is 10.1. The maximum absolute atomic E-state index is 13.0. The minimum absolute atomic E-state index is 0.153. The summed E-state index contributed by atoms with van der Waals surface area (Å²) in [6.45, 7) is 0.693. The van der Waals surface area contributed by atoms with E-state index in [2.05, 4.69) is 20.9 Å². The first-order chi connectivity index (χ1) is 18.5. The van der Waals surface area contributed by atoms with Gasteiger partial charge in [0.1, 0.15) is 19.0 Å². The molecule has 0 bridgehead atoms. The van der Waals surface area contributed by atoms with Crippen LogP contribution >= 0.6 is 27.7 Å². The van der Waals surface area contributed by atoms with Gasteiger partial charge in [0.2, 0.25) is 0 Å². The van der Waals surface area contributed by atoms with Gasteiger partial charge in [0, 0.05) is 17.8 Å². The Kier molecular flexibility index (Phi) is 7.95. The molecule has 1 fully saturated rings. The lowest BCUT2D eigenvalue weighted by Gasteiger charge is -2.14. The minimum atomic E-state index is -0.352. The first kappa shape index (κ1) is 25.8. The first-order valence-electron chi connectivity index (χ1n) is 11.8. The van der Waals surface area contributed by atoms with Crippen molar-refractivity contribution in [2.75, 3.05) is 20.3 Å². The van der Waals surface area contributed by atoms with Crippen LogP contribution < -0.4 is 14.2 Å². The van der Waals surface area contributed by atoms with Gasteiger partial charge in [-0.25, -0.2) is 0 Å². The van der Waals surface area contributed by atoms with Crippen LogP contribution in [0.5, 0.6) is 17.2 Å². The number of methoxy groups -OCH3 is 1. The predicted octanol–water partition coefficient (Wildman–Crippen LogP) is 6.70. The van der Waals surface area contributed by atoms with Crippen LogP contribution in [0.15, 0.2) is 88.5 Å². The van der Waals surface area contributed by atoms with Gasteiger partial charge in [-0.15, -0.1) is 0 Å². The quantitative estimate of drug-likeness (QED) is 0.201. The number of pyridine rings is 1. The van der Waals surface area contributed by atoms with Gasteiger partial charge in [0.25, 0.3) is 11.1 Å². The molecule has 2 heterocycles. The van der Waals surface area contributed by atoms with Crippen molar-refractivity contribution < 1.29 is 23.8 Å². The van der Waals surface area contributed by atoms with Gasteiger partial charge in [-0.1, -0.05) is 36.4 Å². The fourth-order valence-electron chi connectivity index (χ4n) is 4.01. The number of hydrogen-bond donors (Lipinski definition) is 0. The number of carbonyl (C=O) groups excluding carboxylic acids is 2. The minimum Gasteiger partial charge on any atom is -0.493 e. The first-order valence-corrected chi connectivity index (χ1v) is 13.4. The zero-order valence-corrected chi connectivity index (χ0v) is 22.8. The molecule has 192 valence electrons. The van der Waals surface area contributed by atoms with E-state index in [0.717, 1.165) is 28.1 Å². The SMILES string of the molecule is COc1cc(/C=C2\SC(=O)N(CCOc3cccc4ccccc34)C2=O)cc(Br)c1OCc1ccncc1. The number of amides is 2. The van der Waals surface area contributed by atoms with Crippen LogP contribution in [0, 0.1) is 0 Å². The summed E-state index contributed by atoms with van der Waals surface area (Å²) in [5, 5.41) is 1.72. The van der Waals surface area contributed by atoms with E-state index in [1.807, 2.05) is 60.7 Å². The number of halogens is 1. The van der Waals surface area contributed by atoms with E-state index >= 15 is 0 Å². The molecule has 0 N–H and O–H groups in total. The third-order valence-electron chi connectivity index (χ3n) is 5.88. The summed E-state index contributed by atoms with van der Waals surface area (Å²) in [5.41, 5.74) is 1.67. The van der Waals surface area contributed by atoms with Gasteiger partial charge in [0.15, 0.2) is 11.5 Å². The topological polar surface area (TPSA) is 78.0 Å². The lowest BCUT2D eigenvalue weighted by Crippen LogP contribution is -2.32. The van der Waals surface area contributed by atoms with E-state index < -0.39 is 0 Å². The molecular formula is C29H23BrN2O5S. The zero-order valence-electron chi connectivity index (χ0n) is 20.4. The van der Waals surface area contributed by atoms with E-state index in [1.54, 1.807) is 31.6 Å². The van der Waals surface area contributed by atoms with Crippen molar-refractivity contribution in [3.8, 4) is 17.2 Å². The summed E-state index contributed by atoms with van der Waals surface area (Å²) < 4.78 is 18.1. The Morgan fingerprint density at radius 1 is 0.974 bits per heavy atom. The number of imide groups is 1. The van der Waals surface area contributed by atoms with Crippen LogP contribution in [-0.4, -0.2) is 41.3 Å². The Balaban J connectivity index is 1.26. The highest BCUT2D eigenvalue weighted by atomic mass is 79.9. The number of nitrogens with zero attached hydrogens (tertiary/aromatic N) is 2. The van der Waals surface area contributed by atoms with Crippen LogP contribution in [0.2, 0.25) is 0 Å². The highest BCUT2D eigenvalue weighted by Gasteiger charge is 2.35. The average molecular weight is 591 g/mol. The number of benzene rings is 3. The Hall–Kier alpha value is -3.82. The molecule has 2 amide bonds. The Morgan fingerprint density at radius 3 is 2.58 bits per heavy atom. The molecule has 1 saturated heterocycles. The zero-order chi connectivity index (χ0) is 26.5. The summed E-state index contributed by atoms with van der Waals surface area (Å²) in [4.78, 5) is 31.2. The van der Waals surface area contributed by atoms with Gasteiger partial charge in [-0.2, -0.15) is 0 Å². The molecule has 9 heteroatoms. The molecule has 0 aliphatic carbocycles. The molecule has 0 spiro atoms. The highest BCUT2D eigenvalue weighted by molar-refractivity contribution is 9.10. The van der Waals surface area contributed by atoms with Crippen molar-refractivity contribution in [1.29, 1.82) is 0 Å². The van der Waals surface area contributed by atoms with E-state index in [0.29, 0.717) is 38.8 Å². The monoisotopic (exact) mass is 590 g/mol. The molecule has 0 radical (unpaired) electrons. The van der Waals surface area contributed by atoms with Crippen LogP contribution in [0.25, 0.3) is 16.8 Å².